The molecule has 0 bridgehead atoms. The molecular weight excluding hydrogens is 532 g/mol. The third-order valence-corrected chi connectivity index (χ3v) is 8.95. The lowest BCUT2D eigenvalue weighted by molar-refractivity contribution is 0.604. The van der Waals surface area contributed by atoms with Gasteiger partial charge in [0.1, 0.15) is 0 Å². The van der Waals surface area contributed by atoms with Gasteiger partial charge in [-0.2, -0.15) is 0 Å². The number of benzene rings is 2. The van der Waals surface area contributed by atoms with Crippen LogP contribution in [-0.2, 0) is 25.7 Å². The number of nitrogens with zero attached hydrogens (tertiary/aromatic N) is 2. The SMILES string of the molecule is CCCCCCCCc1cc(C)cc(N=CC(C)=Nc2cc(CCCC)c(CCCCCC)c(CCCCCCCC)c2)c1. The van der Waals surface area contributed by atoms with E-state index in [2.05, 4.69) is 71.9 Å². The standard InChI is InChI=1S/C42H68N2/c1-7-11-15-18-20-22-25-37-29-35(5)30-40(31-37)43-34-36(6)44-41-32-38(26-14-10-4)42(28-24-17-13-9-3)39(33-41)27-23-21-19-16-12-8-2/h29-34H,7-28H2,1-6H3. The summed E-state index contributed by atoms with van der Waals surface area (Å²) in [5, 5.41) is 0. The predicted octanol–water partition coefficient (Wildman–Crippen LogP) is 13.8. The van der Waals surface area contributed by atoms with Crippen molar-refractivity contribution in [3.63, 3.8) is 0 Å². The Morgan fingerprint density at radius 3 is 1.64 bits per heavy atom. The van der Waals surface area contributed by atoms with Gasteiger partial charge in [-0.05, 0) is 117 Å². The zero-order valence-corrected chi connectivity index (χ0v) is 29.9. The van der Waals surface area contributed by atoms with E-state index < -0.39 is 0 Å². The minimum atomic E-state index is 0.978. The van der Waals surface area contributed by atoms with Crippen LogP contribution in [0.2, 0.25) is 0 Å². The summed E-state index contributed by atoms with van der Waals surface area (Å²) in [5.74, 6) is 0. The highest BCUT2D eigenvalue weighted by Gasteiger charge is 2.12. The molecule has 0 aliphatic rings. The molecule has 0 saturated heterocycles. The van der Waals surface area contributed by atoms with E-state index in [1.807, 2.05) is 6.21 Å². The molecule has 0 aliphatic carbocycles. The van der Waals surface area contributed by atoms with Gasteiger partial charge in [0.25, 0.3) is 0 Å². The van der Waals surface area contributed by atoms with Crippen LogP contribution in [0.15, 0.2) is 40.3 Å². The molecule has 0 aliphatic heterocycles. The molecule has 0 atom stereocenters. The Morgan fingerprint density at radius 2 is 1.02 bits per heavy atom. The van der Waals surface area contributed by atoms with Gasteiger partial charge in [-0.15, -0.1) is 0 Å². The number of hydrogen-bond acceptors (Lipinski definition) is 2. The first-order valence-corrected chi connectivity index (χ1v) is 18.8. The maximum Gasteiger partial charge on any atom is 0.0639 e. The molecule has 44 heavy (non-hydrogen) atoms. The van der Waals surface area contributed by atoms with Crippen LogP contribution in [0.4, 0.5) is 11.4 Å². The summed E-state index contributed by atoms with van der Waals surface area (Å²) in [6, 6.07) is 11.6. The van der Waals surface area contributed by atoms with E-state index in [9.17, 15) is 0 Å². The third-order valence-electron chi connectivity index (χ3n) is 8.95. The van der Waals surface area contributed by atoms with E-state index in [0.29, 0.717) is 0 Å². The van der Waals surface area contributed by atoms with Gasteiger partial charge < -0.3 is 0 Å². The largest absolute Gasteiger partial charge is 0.255 e. The zero-order valence-electron chi connectivity index (χ0n) is 29.9. The van der Waals surface area contributed by atoms with E-state index in [1.54, 1.807) is 16.7 Å². The fraction of sp³-hybridized carbons (Fsp3) is 0.667. The average molecular weight is 601 g/mol. The van der Waals surface area contributed by atoms with Gasteiger partial charge in [0.05, 0.1) is 17.1 Å². The maximum atomic E-state index is 5.12. The molecule has 0 amide bonds. The average Bonchev–Trinajstić information content (AvgIpc) is 3.01. The fourth-order valence-electron chi connectivity index (χ4n) is 6.37. The molecule has 0 aromatic heterocycles. The first kappa shape index (κ1) is 38.0. The van der Waals surface area contributed by atoms with Crippen molar-refractivity contribution in [3.8, 4) is 0 Å². The van der Waals surface area contributed by atoms with Crippen LogP contribution in [0.25, 0.3) is 0 Å². The highest BCUT2D eigenvalue weighted by Crippen LogP contribution is 2.29. The molecule has 0 fully saturated rings. The van der Waals surface area contributed by atoms with E-state index >= 15 is 0 Å². The molecule has 2 rings (SSSR count). The lowest BCUT2D eigenvalue weighted by Crippen LogP contribution is -2.03. The van der Waals surface area contributed by atoms with Crippen molar-refractivity contribution in [2.45, 2.75) is 183 Å². The van der Waals surface area contributed by atoms with E-state index in [-0.39, 0.29) is 0 Å². The molecule has 0 N–H and O–H groups in total. The van der Waals surface area contributed by atoms with E-state index in [1.165, 1.54) is 146 Å². The van der Waals surface area contributed by atoms with Crippen LogP contribution < -0.4 is 0 Å². The Hall–Kier alpha value is -2.22. The first-order chi connectivity index (χ1) is 21.5. The second kappa shape index (κ2) is 24.1. The number of rotatable bonds is 25. The highest BCUT2D eigenvalue weighted by molar-refractivity contribution is 6.30. The quantitative estimate of drug-likeness (QED) is 0.0800. The summed E-state index contributed by atoms with van der Waals surface area (Å²) in [5.41, 5.74) is 10.6. The molecule has 2 heteroatoms. The number of unbranched alkanes of at least 4 members (excludes halogenated alkanes) is 14. The molecule has 246 valence electrons. The smallest absolute Gasteiger partial charge is 0.0639 e. The molecule has 0 unspecified atom stereocenters. The third kappa shape index (κ3) is 16.2. The topological polar surface area (TPSA) is 24.7 Å². The summed E-state index contributed by atoms with van der Waals surface area (Å²) in [6.07, 6.45) is 30.6. The van der Waals surface area contributed by atoms with Crippen molar-refractivity contribution in [1.82, 2.24) is 0 Å². The predicted molar refractivity (Wildman–Crippen MR) is 199 cm³/mol. The maximum absolute atomic E-state index is 5.12. The number of hydrogen-bond donors (Lipinski definition) is 0. The lowest BCUT2D eigenvalue weighted by atomic mass is 9.89. The Balaban J connectivity index is 2.21. The summed E-state index contributed by atoms with van der Waals surface area (Å²) >= 11 is 0. The van der Waals surface area contributed by atoms with Crippen LogP contribution >= 0.6 is 0 Å². The molecule has 2 aromatic carbocycles. The van der Waals surface area contributed by atoms with Gasteiger partial charge in [-0.3, -0.25) is 9.98 Å². The van der Waals surface area contributed by atoms with Crippen LogP contribution in [0.1, 0.15) is 178 Å². The molecule has 2 aromatic rings. The van der Waals surface area contributed by atoms with Gasteiger partial charge in [0.2, 0.25) is 0 Å². The van der Waals surface area contributed by atoms with E-state index in [4.69, 9.17) is 9.98 Å². The number of aryl methyl sites for hydroxylation is 4. The van der Waals surface area contributed by atoms with Crippen LogP contribution in [0, 0.1) is 6.92 Å². The molecule has 0 spiro atoms. The van der Waals surface area contributed by atoms with Gasteiger partial charge in [0, 0.05) is 6.21 Å². The summed E-state index contributed by atoms with van der Waals surface area (Å²) in [6.45, 7) is 13.5. The summed E-state index contributed by atoms with van der Waals surface area (Å²) in [4.78, 5) is 10.0. The van der Waals surface area contributed by atoms with Crippen LogP contribution in [0.5, 0.6) is 0 Å². The second-order valence-corrected chi connectivity index (χ2v) is 13.4. The Morgan fingerprint density at radius 1 is 0.523 bits per heavy atom. The lowest BCUT2D eigenvalue weighted by Gasteiger charge is -2.17. The van der Waals surface area contributed by atoms with Crippen LogP contribution in [0.3, 0.4) is 0 Å². The number of aliphatic imine (C=N–C) groups is 2. The van der Waals surface area contributed by atoms with Gasteiger partial charge in [-0.1, -0.05) is 124 Å². The van der Waals surface area contributed by atoms with Gasteiger partial charge in [0.15, 0.2) is 0 Å². The zero-order chi connectivity index (χ0) is 31.8. The van der Waals surface area contributed by atoms with Gasteiger partial charge >= 0.3 is 0 Å². The Bertz CT molecular complexity index is 1090. The van der Waals surface area contributed by atoms with Crippen molar-refractivity contribution in [3.05, 3.63) is 58.1 Å². The Kier molecular flexibility index (Phi) is 20.8. The van der Waals surface area contributed by atoms with Crippen molar-refractivity contribution in [2.75, 3.05) is 0 Å². The molecule has 0 radical (unpaired) electrons. The molecule has 2 nitrogen and oxygen atoms in total. The van der Waals surface area contributed by atoms with Crippen molar-refractivity contribution in [2.24, 2.45) is 9.98 Å². The fourth-order valence-corrected chi connectivity index (χ4v) is 6.37. The van der Waals surface area contributed by atoms with E-state index in [0.717, 1.165) is 23.5 Å². The molecule has 0 saturated carbocycles. The van der Waals surface area contributed by atoms with Crippen molar-refractivity contribution >= 4 is 23.3 Å². The normalized spacial score (nSPS) is 12.1. The van der Waals surface area contributed by atoms with Gasteiger partial charge in [-0.25, -0.2) is 0 Å². The summed E-state index contributed by atoms with van der Waals surface area (Å²) in [7, 11) is 0. The summed E-state index contributed by atoms with van der Waals surface area (Å²) < 4.78 is 0. The Labute approximate surface area is 273 Å². The van der Waals surface area contributed by atoms with Crippen molar-refractivity contribution in [1.29, 1.82) is 0 Å². The molecule has 0 heterocycles. The van der Waals surface area contributed by atoms with Crippen LogP contribution in [-0.4, -0.2) is 11.9 Å². The minimum absolute atomic E-state index is 0.978. The second-order valence-electron chi connectivity index (χ2n) is 13.4. The first-order valence-electron chi connectivity index (χ1n) is 18.8. The van der Waals surface area contributed by atoms with Crippen molar-refractivity contribution < 1.29 is 0 Å². The highest BCUT2D eigenvalue weighted by atomic mass is 14.8. The minimum Gasteiger partial charge on any atom is -0.255 e. The monoisotopic (exact) mass is 601 g/mol. The molecular formula is C42H68N2.